The molecule has 0 spiro atoms. The van der Waals surface area contributed by atoms with Gasteiger partial charge in [0.1, 0.15) is 0 Å². The van der Waals surface area contributed by atoms with Crippen LogP contribution in [0.1, 0.15) is 33.1 Å². The van der Waals surface area contributed by atoms with E-state index in [2.05, 4.69) is 25.8 Å². The molecule has 0 aromatic rings. The smallest absolute Gasteiger partial charge is 0.0596 e. The zero-order chi connectivity index (χ0) is 8.97. The van der Waals surface area contributed by atoms with Crippen LogP contribution < -0.4 is 0 Å². The molecule has 1 aliphatic carbocycles. The summed E-state index contributed by atoms with van der Waals surface area (Å²) in [7, 11) is 2.20. The molecular formula is C10H21NO. The topological polar surface area (TPSA) is 12.5 Å². The van der Waals surface area contributed by atoms with Gasteiger partial charge < -0.3 is 9.64 Å². The number of nitrogens with zero attached hydrogens (tertiary/aromatic N) is 1. The first kappa shape index (κ1) is 10.0. The molecular weight excluding hydrogens is 150 g/mol. The van der Waals surface area contributed by atoms with Crippen LogP contribution in [0, 0.1) is 0 Å². The molecule has 0 amide bonds. The van der Waals surface area contributed by atoms with Gasteiger partial charge in [-0.05, 0) is 33.7 Å². The highest BCUT2D eigenvalue weighted by molar-refractivity contribution is 4.77. The van der Waals surface area contributed by atoms with Crippen molar-refractivity contribution in [2.75, 3.05) is 20.2 Å². The summed E-state index contributed by atoms with van der Waals surface area (Å²) in [5.41, 5.74) is 0. The average molecular weight is 171 g/mol. The van der Waals surface area contributed by atoms with Crippen molar-refractivity contribution < 1.29 is 4.74 Å². The lowest BCUT2D eigenvalue weighted by atomic mass is 9.92. The second kappa shape index (κ2) is 4.83. The van der Waals surface area contributed by atoms with Gasteiger partial charge in [-0.1, -0.05) is 6.42 Å². The fourth-order valence-electron chi connectivity index (χ4n) is 1.44. The standard InChI is InChI=1S/C10H21NO/c1-9(2)12-8-7-11(3)10-5-4-6-10/h9-10H,4-8H2,1-3H3. The van der Waals surface area contributed by atoms with Gasteiger partial charge in [0.2, 0.25) is 0 Å². The summed E-state index contributed by atoms with van der Waals surface area (Å²) < 4.78 is 5.49. The van der Waals surface area contributed by atoms with Gasteiger partial charge in [0.05, 0.1) is 12.7 Å². The minimum absolute atomic E-state index is 0.375. The molecule has 72 valence electrons. The van der Waals surface area contributed by atoms with E-state index < -0.39 is 0 Å². The van der Waals surface area contributed by atoms with Crippen LogP contribution in [-0.2, 0) is 4.74 Å². The van der Waals surface area contributed by atoms with E-state index in [1.54, 1.807) is 0 Å². The van der Waals surface area contributed by atoms with Crippen LogP contribution in [0.3, 0.4) is 0 Å². The molecule has 0 aromatic heterocycles. The van der Waals surface area contributed by atoms with Crippen molar-refractivity contribution in [3.63, 3.8) is 0 Å². The summed E-state index contributed by atoms with van der Waals surface area (Å²) in [6, 6.07) is 0.848. The number of ether oxygens (including phenoxy) is 1. The SMILES string of the molecule is CC(C)OCCN(C)C1CCC1. The third kappa shape index (κ3) is 3.11. The van der Waals surface area contributed by atoms with E-state index in [1.165, 1.54) is 19.3 Å². The van der Waals surface area contributed by atoms with E-state index in [0.717, 1.165) is 19.2 Å². The fourth-order valence-corrected chi connectivity index (χ4v) is 1.44. The zero-order valence-electron chi connectivity index (χ0n) is 8.55. The van der Waals surface area contributed by atoms with Gasteiger partial charge in [-0.15, -0.1) is 0 Å². The van der Waals surface area contributed by atoms with Crippen LogP contribution in [0.2, 0.25) is 0 Å². The van der Waals surface area contributed by atoms with E-state index >= 15 is 0 Å². The maximum Gasteiger partial charge on any atom is 0.0596 e. The second-order valence-electron chi connectivity index (χ2n) is 3.98. The lowest BCUT2D eigenvalue weighted by Crippen LogP contribution is -2.39. The monoisotopic (exact) mass is 171 g/mol. The normalized spacial score (nSPS) is 18.8. The van der Waals surface area contributed by atoms with Gasteiger partial charge >= 0.3 is 0 Å². The molecule has 2 heteroatoms. The van der Waals surface area contributed by atoms with Gasteiger partial charge in [-0.25, -0.2) is 0 Å². The molecule has 1 aliphatic rings. The maximum atomic E-state index is 5.49. The number of rotatable bonds is 5. The lowest BCUT2D eigenvalue weighted by Gasteiger charge is -2.34. The number of likely N-dealkylation sites (N-methyl/N-ethyl adjacent to an activating group) is 1. The average Bonchev–Trinajstić information content (AvgIpc) is 1.81. The second-order valence-corrected chi connectivity index (χ2v) is 3.98. The highest BCUT2D eigenvalue weighted by Gasteiger charge is 2.21. The summed E-state index contributed by atoms with van der Waals surface area (Å²) in [5, 5.41) is 0. The molecule has 0 aromatic carbocycles. The Bertz CT molecular complexity index is 121. The van der Waals surface area contributed by atoms with Gasteiger partial charge in [0.15, 0.2) is 0 Å². The highest BCUT2D eigenvalue weighted by atomic mass is 16.5. The summed E-state index contributed by atoms with van der Waals surface area (Å²) in [6.45, 7) is 6.14. The van der Waals surface area contributed by atoms with Crippen molar-refractivity contribution in [1.29, 1.82) is 0 Å². The van der Waals surface area contributed by atoms with Crippen molar-refractivity contribution in [2.45, 2.75) is 45.3 Å². The Morgan fingerprint density at radius 1 is 1.42 bits per heavy atom. The van der Waals surface area contributed by atoms with E-state index in [9.17, 15) is 0 Å². The Morgan fingerprint density at radius 3 is 2.50 bits per heavy atom. The van der Waals surface area contributed by atoms with E-state index in [1.807, 2.05) is 0 Å². The molecule has 2 nitrogen and oxygen atoms in total. The minimum atomic E-state index is 0.375. The minimum Gasteiger partial charge on any atom is -0.377 e. The third-order valence-electron chi connectivity index (χ3n) is 2.59. The first-order valence-electron chi connectivity index (χ1n) is 5.02. The summed E-state index contributed by atoms with van der Waals surface area (Å²) in [5.74, 6) is 0. The largest absolute Gasteiger partial charge is 0.377 e. The van der Waals surface area contributed by atoms with E-state index in [-0.39, 0.29) is 0 Å². The molecule has 0 atom stereocenters. The van der Waals surface area contributed by atoms with Gasteiger partial charge in [0.25, 0.3) is 0 Å². The molecule has 0 unspecified atom stereocenters. The molecule has 0 saturated heterocycles. The summed E-state index contributed by atoms with van der Waals surface area (Å²) in [6.07, 6.45) is 4.57. The quantitative estimate of drug-likeness (QED) is 0.626. The van der Waals surface area contributed by atoms with Crippen molar-refractivity contribution in [3.05, 3.63) is 0 Å². The highest BCUT2D eigenvalue weighted by Crippen LogP contribution is 2.22. The number of hydrogen-bond acceptors (Lipinski definition) is 2. The van der Waals surface area contributed by atoms with Crippen molar-refractivity contribution in [3.8, 4) is 0 Å². The van der Waals surface area contributed by atoms with Gasteiger partial charge in [-0.3, -0.25) is 0 Å². The zero-order valence-corrected chi connectivity index (χ0v) is 8.55. The first-order valence-corrected chi connectivity index (χ1v) is 5.02. The predicted molar refractivity (Wildman–Crippen MR) is 51.4 cm³/mol. The van der Waals surface area contributed by atoms with Crippen LogP contribution in [-0.4, -0.2) is 37.2 Å². The van der Waals surface area contributed by atoms with Gasteiger partial charge in [0, 0.05) is 12.6 Å². The molecule has 0 aliphatic heterocycles. The molecule has 0 N–H and O–H groups in total. The van der Waals surface area contributed by atoms with E-state index in [4.69, 9.17) is 4.74 Å². The molecule has 0 bridgehead atoms. The van der Waals surface area contributed by atoms with Crippen LogP contribution in [0.25, 0.3) is 0 Å². The molecule has 1 saturated carbocycles. The molecule has 0 heterocycles. The summed E-state index contributed by atoms with van der Waals surface area (Å²) >= 11 is 0. The third-order valence-corrected chi connectivity index (χ3v) is 2.59. The van der Waals surface area contributed by atoms with Crippen molar-refractivity contribution in [1.82, 2.24) is 4.90 Å². The maximum absolute atomic E-state index is 5.49. The molecule has 1 rings (SSSR count). The van der Waals surface area contributed by atoms with Crippen LogP contribution in [0.5, 0.6) is 0 Å². The fraction of sp³-hybridized carbons (Fsp3) is 1.00. The predicted octanol–water partition coefficient (Wildman–Crippen LogP) is 1.90. The Labute approximate surface area is 75.9 Å². The molecule has 1 fully saturated rings. The van der Waals surface area contributed by atoms with Crippen molar-refractivity contribution in [2.24, 2.45) is 0 Å². The number of hydrogen-bond donors (Lipinski definition) is 0. The Balaban J connectivity index is 1.98. The van der Waals surface area contributed by atoms with Gasteiger partial charge in [-0.2, -0.15) is 0 Å². The molecule has 12 heavy (non-hydrogen) atoms. The molecule has 0 radical (unpaired) electrons. The summed E-state index contributed by atoms with van der Waals surface area (Å²) in [4.78, 5) is 2.42. The van der Waals surface area contributed by atoms with Crippen molar-refractivity contribution >= 4 is 0 Å². The Kier molecular flexibility index (Phi) is 4.02. The Hall–Kier alpha value is -0.0800. The van der Waals surface area contributed by atoms with Crippen LogP contribution in [0.15, 0.2) is 0 Å². The Morgan fingerprint density at radius 2 is 2.08 bits per heavy atom. The lowest BCUT2D eigenvalue weighted by molar-refractivity contribution is 0.0458. The van der Waals surface area contributed by atoms with Crippen LogP contribution in [0.4, 0.5) is 0 Å². The van der Waals surface area contributed by atoms with Crippen LogP contribution >= 0.6 is 0 Å². The first-order chi connectivity index (χ1) is 5.70. The van der Waals surface area contributed by atoms with E-state index in [0.29, 0.717) is 6.10 Å².